The number of rotatable bonds is 9. The second-order valence-corrected chi connectivity index (χ2v) is 12.1. The van der Waals surface area contributed by atoms with Crippen molar-refractivity contribution in [3.63, 3.8) is 0 Å². The first-order valence-electron chi connectivity index (χ1n) is 13.9. The number of hydrogen-bond acceptors (Lipinski definition) is 7. The molecular formula is C31H27F3N2O5S. The molecule has 2 saturated carbocycles. The van der Waals surface area contributed by atoms with Gasteiger partial charge in [0.1, 0.15) is 22.1 Å². The van der Waals surface area contributed by atoms with Gasteiger partial charge in [0.25, 0.3) is 0 Å². The van der Waals surface area contributed by atoms with E-state index in [0.717, 1.165) is 48.2 Å². The number of aromatic carboxylic acids is 1. The van der Waals surface area contributed by atoms with Crippen LogP contribution in [-0.4, -0.2) is 40.8 Å². The van der Waals surface area contributed by atoms with Crippen LogP contribution in [0.25, 0.3) is 21.7 Å². The van der Waals surface area contributed by atoms with Crippen molar-refractivity contribution in [2.75, 3.05) is 4.90 Å². The molecule has 0 radical (unpaired) electrons. The molecule has 3 atom stereocenters. The van der Waals surface area contributed by atoms with Crippen molar-refractivity contribution in [3.8, 4) is 27.4 Å². The van der Waals surface area contributed by atoms with Gasteiger partial charge in [-0.15, -0.1) is 24.5 Å². The largest absolute Gasteiger partial charge is 0.573 e. The molecule has 4 heterocycles. The molecule has 0 spiro atoms. The van der Waals surface area contributed by atoms with E-state index < -0.39 is 12.3 Å². The summed E-state index contributed by atoms with van der Waals surface area (Å²) in [5.41, 5.74) is 3.38. The number of para-hydroxylation sites is 1. The number of alkyl halides is 3. The summed E-state index contributed by atoms with van der Waals surface area (Å²) < 4.78 is 55.6. The summed E-state index contributed by atoms with van der Waals surface area (Å²) in [5, 5.41) is 13.4. The predicted octanol–water partition coefficient (Wildman–Crippen LogP) is 7.87. The molecule has 42 heavy (non-hydrogen) atoms. The second-order valence-electron chi connectivity index (χ2n) is 11.1. The molecule has 2 saturated heterocycles. The van der Waals surface area contributed by atoms with E-state index in [0.29, 0.717) is 34.0 Å². The molecule has 218 valence electrons. The van der Waals surface area contributed by atoms with Gasteiger partial charge in [0.15, 0.2) is 0 Å². The molecule has 7 nitrogen and oxygen atoms in total. The summed E-state index contributed by atoms with van der Waals surface area (Å²) in [6.45, 7) is 0.211. The highest BCUT2D eigenvalue weighted by atomic mass is 32.1. The van der Waals surface area contributed by atoms with Crippen molar-refractivity contribution in [2.45, 2.75) is 69.2 Å². The number of aromatic nitrogens is 1. The van der Waals surface area contributed by atoms with Crippen molar-refractivity contribution < 1.29 is 37.1 Å². The highest BCUT2D eigenvalue weighted by Gasteiger charge is 2.46. The van der Waals surface area contributed by atoms with Gasteiger partial charge in [-0.05, 0) is 74.1 Å². The lowest BCUT2D eigenvalue weighted by Gasteiger charge is -2.56. The number of hydrogen-bond donors (Lipinski definition) is 1. The van der Waals surface area contributed by atoms with Crippen LogP contribution < -0.4 is 9.64 Å². The van der Waals surface area contributed by atoms with Crippen molar-refractivity contribution >= 4 is 23.0 Å². The van der Waals surface area contributed by atoms with E-state index in [2.05, 4.69) is 26.9 Å². The Hall–Kier alpha value is -3.83. The van der Waals surface area contributed by atoms with E-state index in [4.69, 9.17) is 9.26 Å². The highest BCUT2D eigenvalue weighted by molar-refractivity contribution is 7.17. The standard InChI is InChI=1S/C31H27F3N2O5S/c32-31(33,34)40-25-4-2-1-3-23(25)28-24(29(41-35-28)18-5-6-18)16-39-22-14-20-13-21(15-22)36(20)19-9-7-17(8-10-19)26-11-12-27(42-26)30(37)38/h1-4,7-12,18,20-22H,5-6,13-16H2,(H,37,38)/t20-,21?,22?/m1/s1. The Kier molecular flexibility index (Phi) is 6.73. The highest BCUT2D eigenvalue weighted by Crippen LogP contribution is 2.47. The molecule has 2 bridgehead atoms. The van der Waals surface area contributed by atoms with Gasteiger partial charge < -0.3 is 24.0 Å². The van der Waals surface area contributed by atoms with Gasteiger partial charge in [-0.3, -0.25) is 0 Å². The molecule has 4 fully saturated rings. The summed E-state index contributed by atoms with van der Waals surface area (Å²) >= 11 is 1.26. The number of carbonyl (C=O) groups is 1. The summed E-state index contributed by atoms with van der Waals surface area (Å²) in [4.78, 5) is 14.9. The molecule has 0 amide bonds. The fourth-order valence-corrected chi connectivity index (χ4v) is 7.05. The minimum Gasteiger partial charge on any atom is -0.477 e. The van der Waals surface area contributed by atoms with Crippen LogP contribution in [0.15, 0.2) is 65.2 Å². The van der Waals surface area contributed by atoms with Crippen molar-refractivity contribution in [2.24, 2.45) is 0 Å². The number of thiophene rings is 1. The van der Waals surface area contributed by atoms with E-state index in [9.17, 15) is 23.1 Å². The molecule has 2 aliphatic heterocycles. The van der Waals surface area contributed by atoms with Crippen LogP contribution in [0.4, 0.5) is 18.9 Å². The Bertz CT molecular complexity index is 1600. The van der Waals surface area contributed by atoms with Gasteiger partial charge >= 0.3 is 12.3 Å². The number of halogens is 3. The lowest BCUT2D eigenvalue weighted by atomic mass is 9.77. The topological polar surface area (TPSA) is 85.0 Å². The van der Waals surface area contributed by atoms with E-state index in [-0.39, 0.29) is 29.9 Å². The zero-order valence-corrected chi connectivity index (χ0v) is 23.2. The third kappa shape index (κ3) is 5.27. The summed E-state index contributed by atoms with van der Waals surface area (Å²) in [6, 6.07) is 18.3. The zero-order chi connectivity index (χ0) is 29.0. The van der Waals surface area contributed by atoms with Gasteiger partial charge in [-0.25, -0.2) is 4.79 Å². The predicted molar refractivity (Wildman–Crippen MR) is 150 cm³/mol. The number of benzene rings is 2. The maximum absolute atomic E-state index is 13.1. The lowest BCUT2D eigenvalue weighted by molar-refractivity contribution is -0.274. The number of nitrogens with zero attached hydrogens (tertiary/aromatic N) is 2. The average Bonchev–Trinajstić information content (AvgIpc) is 3.51. The first-order valence-corrected chi connectivity index (χ1v) is 14.7. The lowest BCUT2D eigenvalue weighted by Crippen LogP contribution is -2.62. The number of carboxylic acid groups (broad SMARTS) is 1. The molecule has 2 aliphatic carbocycles. The van der Waals surface area contributed by atoms with Gasteiger partial charge in [0.05, 0.1) is 12.7 Å². The van der Waals surface area contributed by atoms with E-state index in [1.165, 1.54) is 23.5 Å². The molecule has 4 aliphatic rings. The number of carboxylic acids is 1. The first kappa shape index (κ1) is 27.0. The van der Waals surface area contributed by atoms with Gasteiger partial charge in [-0.2, -0.15) is 0 Å². The third-order valence-electron chi connectivity index (χ3n) is 8.27. The van der Waals surface area contributed by atoms with Crippen molar-refractivity contribution in [3.05, 3.63) is 76.9 Å². The Morgan fingerprint density at radius 2 is 1.76 bits per heavy atom. The fraction of sp³-hybridized carbons (Fsp3) is 0.355. The van der Waals surface area contributed by atoms with Gasteiger partial charge in [0, 0.05) is 39.7 Å². The fourth-order valence-electron chi connectivity index (χ4n) is 6.20. The van der Waals surface area contributed by atoms with Crippen molar-refractivity contribution in [1.82, 2.24) is 5.16 Å². The molecule has 2 aromatic carbocycles. The van der Waals surface area contributed by atoms with Crippen LogP contribution in [0.5, 0.6) is 5.75 Å². The van der Waals surface area contributed by atoms with E-state index in [1.807, 2.05) is 18.2 Å². The van der Waals surface area contributed by atoms with Gasteiger partial charge in [0.2, 0.25) is 0 Å². The Morgan fingerprint density at radius 3 is 2.43 bits per heavy atom. The maximum Gasteiger partial charge on any atom is 0.573 e. The summed E-state index contributed by atoms with van der Waals surface area (Å²) in [5.74, 6) is -0.333. The summed E-state index contributed by atoms with van der Waals surface area (Å²) in [6.07, 6.45) is -0.118. The Morgan fingerprint density at radius 1 is 1.02 bits per heavy atom. The second kappa shape index (κ2) is 10.5. The number of fused-ring (bicyclic) bond motifs is 2. The number of ether oxygens (including phenoxy) is 2. The van der Waals surface area contributed by atoms with Crippen LogP contribution >= 0.6 is 11.3 Å². The Balaban J connectivity index is 1.03. The van der Waals surface area contributed by atoms with Crippen molar-refractivity contribution in [1.29, 1.82) is 0 Å². The normalized spacial score (nSPS) is 21.7. The molecule has 2 unspecified atom stereocenters. The Labute approximate surface area is 243 Å². The molecule has 4 aromatic rings. The average molecular weight is 597 g/mol. The smallest absolute Gasteiger partial charge is 0.477 e. The molecule has 2 aromatic heterocycles. The van der Waals surface area contributed by atoms with Gasteiger partial charge in [-0.1, -0.05) is 29.4 Å². The minimum atomic E-state index is -4.82. The zero-order valence-electron chi connectivity index (χ0n) is 22.3. The monoisotopic (exact) mass is 596 g/mol. The third-order valence-corrected chi connectivity index (χ3v) is 9.39. The van der Waals surface area contributed by atoms with Crippen LogP contribution in [0.1, 0.15) is 59.0 Å². The molecule has 8 rings (SSSR count). The first-order chi connectivity index (χ1) is 20.2. The quantitative estimate of drug-likeness (QED) is 0.210. The molecule has 11 heteroatoms. The summed E-state index contributed by atoms with van der Waals surface area (Å²) in [7, 11) is 0. The maximum atomic E-state index is 13.1. The molecular weight excluding hydrogens is 569 g/mol. The van der Waals surface area contributed by atoms with Crippen LogP contribution in [0.2, 0.25) is 0 Å². The SMILES string of the molecule is O=C(O)c1ccc(-c2ccc(N3C4CC(OCc5c(-c6ccccc6OC(F)(F)F)noc5C5CC5)C[C@H]3C4)cc2)s1. The van der Waals surface area contributed by atoms with Crippen LogP contribution in [0, 0.1) is 0 Å². The van der Waals surface area contributed by atoms with E-state index >= 15 is 0 Å². The van der Waals surface area contributed by atoms with Crippen LogP contribution in [0.3, 0.4) is 0 Å². The number of anilines is 1. The number of piperidine rings is 1. The van der Waals surface area contributed by atoms with E-state index in [1.54, 1.807) is 18.2 Å². The van der Waals surface area contributed by atoms with Crippen LogP contribution in [-0.2, 0) is 11.3 Å². The minimum absolute atomic E-state index is 0.0151. The molecule has 1 N–H and O–H groups in total.